The highest BCUT2D eigenvalue weighted by Gasteiger charge is 2.29. The van der Waals surface area contributed by atoms with Gasteiger partial charge in [0, 0.05) is 38.2 Å². The summed E-state index contributed by atoms with van der Waals surface area (Å²) in [5.74, 6) is -2.80. The van der Waals surface area contributed by atoms with E-state index in [-0.39, 0.29) is 40.3 Å². The monoisotopic (exact) mass is 487 g/mol. The van der Waals surface area contributed by atoms with Crippen molar-refractivity contribution in [3.63, 3.8) is 0 Å². The number of hydrogen-bond donors (Lipinski definition) is 0. The van der Waals surface area contributed by atoms with Crippen LogP contribution >= 0.6 is 11.6 Å². The van der Waals surface area contributed by atoms with Crippen molar-refractivity contribution in [2.45, 2.75) is 45.5 Å². The van der Waals surface area contributed by atoms with Crippen molar-refractivity contribution < 1.29 is 21.7 Å². The molecule has 2 unspecified atom stereocenters. The van der Waals surface area contributed by atoms with E-state index < -0.39 is 41.7 Å². The van der Waals surface area contributed by atoms with Gasteiger partial charge in [0.05, 0.1) is 22.5 Å². The van der Waals surface area contributed by atoms with Gasteiger partial charge in [0.2, 0.25) is 0 Å². The second-order valence-electron chi connectivity index (χ2n) is 8.06. The summed E-state index contributed by atoms with van der Waals surface area (Å²) in [6.45, 7) is -3.70. The molecule has 0 saturated carbocycles. The maximum atomic E-state index is 15.2. The molecule has 6 nitrogen and oxygen atoms in total. The predicted octanol–water partition coefficient (Wildman–Crippen LogP) is 5.97. The van der Waals surface area contributed by atoms with E-state index in [2.05, 4.69) is 24.9 Å². The normalized spacial score (nSPS) is 21.8. The van der Waals surface area contributed by atoms with Crippen molar-refractivity contribution in [2.24, 2.45) is 0 Å². The van der Waals surface area contributed by atoms with Gasteiger partial charge >= 0.3 is 0 Å². The Balaban J connectivity index is 1.73. The third kappa shape index (κ3) is 4.12. The average Bonchev–Trinajstić information content (AvgIpc) is 2.90. The largest absolute Gasteiger partial charge is 0.373 e. The van der Waals surface area contributed by atoms with E-state index in [0.29, 0.717) is 19.4 Å². The molecule has 1 fully saturated rings. The van der Waals surface area contributed by atoms with Crippen molar-refractivity contribution in [3.05, 3.63) is 75.6 Å². The Labute approximate surface area is 208 Å². The van der Waals surface area contributed by atoms with Gasteiger partial charge < -0.3 is 4.74 Å². The zero-order chi connectivity index (χ0) is 29.0. The van der Waals surface area contributed by atoms with E-state index in [1.165, 1.54) is 6.07 Å². The quantitative estimate of drug-likeness (QED) is 0.331. The number of pyridine rings is 1. The van der Waals surface area contributed by atoms with E-state index in [0.717, 1.165) is 17.3 Å². The van der Waals surface area contributed by atoms with Crippen LogP contribution < -0.4 is 0 Å². The Morgan fingerprint density at radius 3 is 2.68 bits per heavy atom. The zero-order valence-electron chi connectivity index (χ0n) is 23.9. The summed E-state index contributed by atoms with van der Waals surface area (Å²) in [4.78, 5) is 21.4. The molecular weight excluding hydrogens is 460 g/mol. The summed E-state index contributed by atoms with van der Waals surface area (Å²) < 4.78 is 82.7. The molecule has 1 aliphatic rings. The number of nitrogens with zero attached hydrogens (tertiary/aromatic N) is 5. The molecule has 2 atom stereocenters. The number of aromatic nitrogens is 5. The SMILES string of the molecule is [2H]C([2H])([2H])c1nc2nc(C3CCOC(c4ccnc(C)c4)C3)nc(-c3ccc(Cl)c(F)c3F)c2nc1C([2H])([2H])[2H]. The fraction of sp³-hybridized carbons (Fsp3) is 0.320. The number of aryl methyl sites for hydroxylation is 3. The molecule has 0 amide bonds. The molecule has 174 valence electrons. The van der Waals surface area contributed by atoms with Crippen molar-refractivity contribution in [1.82, 2.24) is 24.9 Å². The molecule has 0 aliphatic carbocycles. The first-order chi connectivity index (χ1) is 18.7. The van der Waals surface area contributed by atoms with Crippen LogP contribution in [0.25, 0.3) is 22.4 Å². The Morgan fingerprint density at radius 2 is 1.88 bits per heavy atom. The summed E-state index contributed by atoms with van der Waals surface area (Å²) in [5.41, 5.74) is -0.959. The standard InChI is InChI=1S/C25H22ClF2N5O/c1-12-10-15(6-8-29-12)19-11-16(7-9-34-19)24-32-22(17-4-5-18(26)21(28)20(17)27)23-25(33-24)31-14(3)13(2)30-23/h4-6,8,10,16,19H,7,9,11H2,1-3H3/i2D3,3D3. The number of benzene rings is 1. The second-order valence-corrected chi connectivity index (χ2v) is 8.46. The fourth-order valence-corrected chi connectivity index (χ4v) is 4.22. The number of rotatable bonds is 3. The molecule has 1 saturated heterocycles. The molecule has 4 heterocycles. The van der Waals surface area contributed by atoms with Crippen LogP contribution in [0.1, 0.15) is 61.6 Å². The van der Waals surface area contributed by atoms with Gasteiger partial charge in [0.25, 0.3) is 0 Å². The minimum atomic E-state index is -2.97. The highest BCUT2D eigenvalue weighted by Crippen LogP contribution is 2.38. The number of ether oxygens (including phenoxy) is 1. The molecule has 0 N–H and O–H groups in total. The molecule has 0 spiro atoms. The van der Waals surface area contributed by atoms with Gasteiger partial charge in [-0.1, -0.05) is 11.6 Å². The van der Waals surface area contributed by atoms with Crippen LogP contribution in [-0.4, -0.2) is 31.5 Å². The number of hydrogen-bond acceptors (Lipinski definition) is 6. The van der Waals surface area contributed by atoms with Crippen molar-refractivity contribution in [2.75, 3.05) is 6.61 Å². The van der Waals surface area contributed by atoms with E-state index in [9.17, 15) is 4.39 Å². The third-order valence-corrected chi connectivity index (χ3v) is 6.07. The molecule has 0 bridgehead atoms. The summed E-state index contributed by atoms with van der Waals surface area (Å²) in [6, 6.07) is 6.06. The van der Waals surface area contributed by atoms with Gasteiger partial charge in [-0.05, 0) is 63.3 Å². The van der Waals surface area contributed by atoms with Gasteiger partial charge in [-0.25, -0.2) is 28.7 Å². The van der Waals surface area contributed by atoms with E-state index in [1.54, 1.807) is 6.20 Å². The maximum absolute atomic E-state index is 15.2. The summed E-state index contributed by atoms with van der Waals surface area (Å²) >= 11 is 5.76. The lowest BCUT2D eigenvalue weighted by Crippen LogP contribution is -2.21. The predicted molar refractivity (Wildman–Crippen MR) is 125 cm³/mol. The van der Waals surface area contributed by atoms with E-state index >= 15 is 4.39 Å². The molecule has 1 aromatic carbocycles. The van der Waals surface area contributed by atoms with Crippen LogP contribution in [0.4, 0.5) is 8.78 Å². The molecule has 4 aromatic rings. The van der Waals surface area contributed by atoms with Gasteiger partial charge in [-0.15, -0.1) is 0 Å². The van der Waals surface area contributed by atoms with Crippen molar-refractivity contribution in [1.29, 1.82) is 0 Å². The topological polar surface area (TPSA) is 73.7 Å². The van der Waals surface area contributed by atoms with Crippen LogP contribution in [0, 0.1) is 32.3 Å². The van der Waals surface area contributed by atoms with E-state index in [1.807, 2.05) is 19.1 Å². The lowest BCUT2D eigenvalue weighted by Gasteiger charge is -2.29. The molecule has 5 rings (SSSR count). The highest BCUT2D eigenvalue weighted by atomic mass is 35.5. The van der Waals surface area contributed by atoms with Crippen LogP contribution in [0.3, 0.4) is 0 Å². The van der Waals surface area contributed by atoms with Crippen LogP contribution in [0.15, 0.2) is 30.5 Å². The van der Waals surface area contributed by atoms with Gasteiger partial charge in [-0.3, -0.25) is 4.98 Å². The van der Waals surface area contributed by atoms with Gasteiger partial charge in [-0.2, -0.15) is 0 Å². The first kappa shape index (κ1) is 16.5. The van der Waals surface area contributed by atoms with E-state index in [4.69, 9.17) is 24.6 Å². The Morgan fingerprint density at radius 1 is 1.06 bits per heavy atom. The lowest BCUT2D eigenvalue weighted by atomic mass is 9.91. The Hall–Kier alpha value is -3.10. The third-order valence-electron chi connectivity index (χ3n) is 5.78. The summed E-state index contributed by atoms with van der Waals surface area (Å²) in [6.07, 6.45) is 2.26. The minimum Gasteiger partial charge on any atom is -0.373 e. The Kier molecular flexibility index (Phi) is 4.33. The second kappa shape index (κ2) is 8.92. The molecule has 0 radical (unpaired) electrons. The maximum Gasteiger partial charge on any atom is 0.182 e. The molecule has 1 aliphatic heterocycles. The van der Waals surface area contributed by atoms with Gasteiger partial charge in [0.1, 0.15) is 17.0 Å². The fourth-order valence-electron chi connectivity index (χ4n) is 4.07. The van der Waals surface area contributed by atoms with Crippen LogP contribution in [0.5, 0.6) is 0 Å². The number of halogens is 3. The minimum absolute atomic E-state index is 0.184. The molecular formula is C25H22ClF2N5O. The first-order valence-electron chi connectivity index (χ1n) is 13.5. The summed E-state index contributed by atoms with van der Waals surface area (Å²) in [5, 5.41) is -0.460. The smallest absolute Gasteiger partial charge is 0.182 e. The lowest BCUT2D eigenvalue weighted by molar-refractivity contribution is 0.00393. The summed E-state index contributed by atoms with van der Waals surface area (Å²) in [7, 11) is 0. The van der Waals surface area contributed by atoms with Crippen LogP contribution in [-0.2, 0) is 4.74 Å². The highest BCUT2D eigenvalue weighted by molar-refractivity contribution is 6.30. The van der Waals surface area contributed by atoms with Crippen molar-refractivity contribution >= 4 is 22.8 Å². The zero-order valence-corrected chi connectivity index (χ0v) is 18.7. The first-order valence-corrected chi connectivity index (χ1v) is 10.9. The van der Waals surface area contributed by atoms with Crippen LogP contribution in [0.2, 0.25) is 5.02 Å². The number of fused-ring (bicyclic) bond motifs is 1. The van der Waals surface area contributed by atoms with Crippen molar-refractivity contribution in [3.8, 4) is 11.3 Å². The molecule has 34 heavy (non-hydrogen) atoms. The van der Waals surface area contributed by atoms with Gasteiger partial charge in [0.15, 0.2) is 17.3 Å². The average molecular weight is 488 g/mol. The Bertz CT molecular complexity index is 1620. The molecule has 9 heteroatoms. The molecule has 3 aromatic heterocycles.